The van der Waals surface area contributed by atoms with Crippen LogP contribution in [0.15, 0.2) is 18.2 Å². The molecule has 1 saturated carbocycles. The van der Waals surface area contributed by atoms with Crippen LogP contribution >= 0.6 is 27.5 Å². The van der Waals surface area contributed by atoms with E-state index in [4.69, 9.17) is 16.3 Å². The van der Waals surface area contributed by atoms with Gasteiger partial charge in [0.25, 0.3) is 0 Å². The Labute approximate surface area is 117 Å². The van der Waals surface area contributed by atoms with Crippen molar-refractivity contribution in [3.8, 4) is 5.75 Å². The summed E-state index contributed by atoms with van der Waals surface area (Å²) < 4.78 is 6.11. The number of halogens is 2. The predicted molar refractivity (Wildman–Crippen MR) is 76.1 cm³/mol. The minimum absolute atomic E-state index is 0.356. The number of alkyl halides is 1. The lowest BCUT2D eigenvalue weighted by molar-refractivity contribution is 0.128. The van der Waals surface area contributed by atoms with E-state index in [1.807, 2.05) is 18.2 Å². The second-order valence-electron chi connectivity index (χ2n) is 4.86. The molecule has 1 aliphatic rings. The van der Waals surface area contributed by atoms with Crippen LogP contribution in [-0.2, 0) is 5.33 Å². The Balaban J connectivity index is 2.10. The Morgan fingerprint density at radius 3 is 2.94 bits per heavy atom. The first-order chi connectivity index (χ1) is 8.20. The van der Waals surface area contributed by atoms with Gasteiger partial charge in [-0.1, -0.05) is 46.9 Å². The van der Waals surface area contributed by atoms with Gasteiger partial charge >= 0.3 is 0 Å². The topological polar surface area (TPSA) is 9.23 Å². The summed E-state index contributed by atoms with van der Waals surface area (Å²) in [6.07, 6.45) is 5.29. The fourth-order valence-electron chi connectivity index (χ4n) is 2.44. The molecule has 0 amide bonds. The molecule has 1 aromatic carbocycles. The highest BCUT2D eigenvalue weighted by atomic mass is 79.9. The van der Waals surface area contributed by atoms with Gasteiger partial charge in [0, 0.05) is 15.9 Å². The summed E-state index contributed by atoms with van der Waals surface area (Å²) in [5.74, 6) is 1.72. The van der Waals surface area contributed by atoms with Gasteiger partial charge < -0.3 is 4.74 Å². The number of hydrogen-bond donors (Lipinski definition) is 0. The molecule has 0 bridgehead atoms. The molecular formula is C14H18BrClO. The number of hydrogen-bond acceptors (Lipinski definition) is 1. The Morgan fingerprint density at radius 1 is 1.41 bits per heavy atom. The Morgan fingerprint density at radius 2 is 2.24 bits per heavy atom. The standard InChI is InChI=1S/C14H18BrClO/c1-10-4-2-5-11(8-10)17-14-7-3-6-13(16)12(14)9-15/h3,6-7,10-11H,2,4-5,8-9H2,1H3. The Bertz CT molecular complexity index is 380. The molecule has 1 nitrogen and oxygen atoms in total. The highest BCUT2D eigenvalue weighted by Crippen LogP contribution is 2.32. The van der Waals surface area contributed by atoms with Crippen LogP contribution in [0.1, 0.15) is 38.2 Å². The second-order valence-corrected chi connectivity index (χ2v) is 5.83. The zero-order valence-corrected chi connectivity index (χ0v) is 12.4. The van der Waals surface area contributed by atoms with Crippen molar-refractivity contribution in [3.05, 3.63) is 28.8 Å². The lowest BCUT2D eigenvalue weighted by atomic mass is 9.88. The van der Waals surface area contributed by atoms with Crippen LogP contribution < -0.4 is 4.74 Å². The molecule has 17 heavy (non-hydrogen) atoms. The lowest BCUT2D eigenvalue weighted by Gasteiger charge is -2.28. The van der Waals surface area contributed by atoms with Crippen LogP contribution in [0.3, 0.4) is 0 Å². The summed E-state index contributed by atoms with van der Waals surface area (Å²) in [4.78, 5) is 0. The average molecular weight is 318 g/mol. The monoisotopic (exact) mass is 316 g/mol. The van der Waals surface area contributed by atoms with Crippen LogP contribution in [0.25, 0.3) is 0 Å². The van der Waals surface area contributed by atoms with Crippen molar-refractivity contribution in [2.45, 2.75) is 44.0 Å². The van der Waals surface area contributed by atoms with Gasteiger partial charge in [-0.05, 0) is 37.3 Å². The summed E-state index contributed by atoms with van der Waals surface area (Å²) in [5, 5.41) is 1.52. The molecule has 2 unspecified atom stereocenters. The van der Waals surface area contributed by atoms with E-state index in [1.165, 1.54) is 19.3 Å². The number of benzene rings is 1. The third-order valence-corrected chi connectivity index (χ3v) is 4.31. The Kier molecular flexibility index (Phi) is 4.75. The summed E-state index contributed by atoms with van der Waals surface area (Å²) >= 11 is 9.64. The van der Waals surface area contributed by atoms with E-state index in [0.717, 1.165) is 34.0 Å². The minimum Gasteiger partial charge on any atom is -0.490 e. The van der Waals surface area contributed by atoms with Crippen molar-refractivity contribution in [1.82, 2.24) is 0 Å². The zero-order chi connectivity index (χ0) is 12.3. The lowest BCUT2D eigenvalue weighted by Crippen LogP contribution is -2.24. The first-order valence-corrected chi connectivity index (χ1v) is 7.70. The van der Waals surface area contributed by atoms with E-state index in [1.54, 1.807) is 0 Å². The van der Waals surface area contributed by atoms with Gasteiger partial charge in [0.1, 0.15) is 5.75 Å². The van der Waals surface area contributed by atoms with Crippen molar-refractivity contribution in [1.29, 1.82) is 0 Å². The molecule has 2 atom stereocenters. The van der Waals surface area contributed by atoms with Crippen LogP contribution in [0, 0.1) is 5.92 Å². The maximum Gasteiger partial charge on any atom is 0.125 e. The molecule has 0 aromatic heterocycles. The molecule has 0 spiro atoms. The van der Waals surface area contributed by atoms with Crippen LogP contribution in [0.5, 0.6) is 5.75 Å². The van der Waals surface area contributed by atoms with Crippen molar-refractivity contribution < 1.29 is 4.74 Å². The molecule has 94 valence electrons. The molecule has 0 radical (unpaired) electrons. The number of rotatable bonds is 3. The molecule has 0 saturated heterocycles. The van der Waals surface area contributed by atoms with E-state index in [-0.39, 0.29) is 0 Å². The third-order valence-electron chi connectivity index (χ3n) is 3.39. The van der Waals surface area contributed by atoms with Gasteiger partial charge in [-0.2, -0.15) is 0 Å². The van der Waals surface area contributed by atoms with E-state index in [0.29, 0.717) is 6.10 Å². The smallest absolute Gasteiger partial charge is 0.125 e. The van der Waals surface area contributed by atoms with E-state index in [2.05, 4.69) is 22.9 Å². The molecule has 3 heteroatoms. The summed E-state index contributed by atoms with van der Waals surface area (Å²) in [7, 11) is 0. The fourth-order valence-corrected chi connectivity index (χ4v) is 3.42. The molecule has 0 aliphatic heterocycles. The van der Waals surface area contributed by atoms with Crippen molar-refractivity contribution in [2.75, 3.05) is 0 Å². The molecule has 1 aromatic rings. The second kappa shape index (κ2) is 6.10. The molecular weight excluding hydrogens is 300 g/mol. The highest BCUT2D eigenvalue weighted by molar-refractivity contribution is 9.08. The molecule has 1 aliphatic carbocycles. The van der Waals surface area contributed by atoms with Gasteiger partial charge in [0.2, 0.25) is 0 Å². The first-order valence-electron chi connectivity index (χ1n) is 6.20. The van der Waals surface area contributed by atoms with Crippen LogP contribution in [-0.4, -0.2) is 6.10 Å². The van der Waals surface area contributed by atoms with Crippen molar-refractivity contribution in [3.63, 3.8) is 0 Å². The minimum atomic E-state index is 0.356. The van der Waals surface area contributed by atoms with Gasteiger partial charge in [0.15, 0.2) is 0 Å². The third kappa shape index (κ3) is 3.38. The van der Waals surface area contributed by atoms with Crippen LogP contribution in [0.2, 0.25) is 5.02 Å². The highest BCUT2D eigenvalue weighted by Gasteiger charge is 2.21. The zero-order valence-electron chi connectivity index (χ0n) is 10.1. The summed E-state index contributed by atoms with van der Waals surface area (Å²) in [5.41, 5.74) is 1.06. The van der Waals surface area contributed by atoms with Crippen molar-refractivity contribution >= 4 is 27.5 Å². The normalized spacial score (nSPS) is 24.6. The Hall–Kier alpha value is -0.210. The number of ether oxygens (including phenoxy) is 1. The van der Waals surface area contributed by atoms with Crippen molar-refractivity contribution in [2.24, 2.45) is 5.92 Å². The fraction of sp³-hybridized carbons (Fsp3) is 0.571. The van der Waals surface area contributed by atoms with Crippen LogP contribution in [0.4, 0.5) is 0 Å². The quantitative estimate of drug-likeness (QED) is 0.697. The van der Waals surface area contributed by atoms with Gasteiger partial charge in [-0.15, -0.1) is 0 Å². The molecule has 1 fully saturated rings. The summed E-state index contributed by atoms with van der Waals surface area (Å²) in [6, 6.07) is 5.88. The first kappa shape index (κ1) is 13.2. The molecule has 2 rings (SSSR count). The van der Waals surface area contributed by atoms with E-state index < -0.39 is 0 Å². The van der Waals surface area contributed by atoms with Gasteiger partial charge in [0.05, 0.1) is 6.10 Å². The maximum absolute atomic E-state index is 6.17. The molecule has 0 N–H and O–H groups in total. The SMILES string of the molecule is CC1CCCC(Oc2cccc(Cl)c2CBr)C1. The maximum atomic E-state index is 6.17. The average Bonchev–Trinajstić information content (AvgIpc) is 2.29. The van der Waals surface area contributed by atoms with Gasteiger partial charge in [-0.25, -0.2) is 0 Å². The molecule has 0 heterocycles. The largest absolute Gasteiger partial charge is 0.490 e. The van der Waals surface area contributed by atoms with E-state index in [9.17, 15) is 0 Å². The van der Waals surface area contributed by atoms with Gasteiger partial charge in [-0.3, -0.25) is 0 Å². The summed E-state index contributed by atoms with van der Waals surface area (Å²) in [6.45, 7) is 2.30. The van der Waals surface area contributed by atoms with E-state index >= 15 is 0 Å². The predicted octanol–water partition coefficient (Wildman–Crippen LogP) is 5.19.